The highest BCUT2D eigenvalue weighted by Crippen LogP contribution is 2.39. The first-order valence-corrected chi connectivity index (χ1v) is 12.7. The molecule has 3 heterocycles. The van der Waals surface area contributed by atoms with Crippen LogP contribution in [0.1, 0.15) is 49.1 Å². The number of β-amino-alcohol motifs (C(OH)–C–C–N with tert-alkyl or cyclic N) is 1. The summed E-state index contributed by atoms with van der Waals surface area (Å²) in [6, 6.07) is 7.45. The van der Waals surface area contributed by atoms with Crippen LogP contribution in [0.25, 0.3) is 22.3 Å². The molecule has 0 radical (unpaired) electrons. The fourth-order valence-corrected chi connectivity index (χ4v) is 5.51. The monoisotopic (exact) mass is 516 g/mol. The maximum Gasteiger partial charge on any atom is 0.420 e. The molecular weight excluding hydrogens is 485 g/mol. The molecule has 1 aromatic carbocycles. The number of benzene rings is 1. The molecule has 0 bridgehead atoms. The molecule has 0 spiro atoms. The number of hydrogen-bond donors (Lipinski definition) is 5. The molecule has 2 fully saturated rings. The van der Waals surface area contributed by atoms with Crippen LogP contribution in [0.15, 0.2) is 30.5 Å². The number of primary amides is 1. The zero-order valence-corrected chi connectivity index (χ0v) is 20.3. The van der Waals surface area contributed by atoms with Crippen molar-refractivity contribution < 1.29 is 23.1 Å². The van der Waals surface area contributed by atoms with E-state index in [1.54, 1.807) is 6.07 Å². The number of aliphatic hydroxyl groups is 1. The molecular formula is C26H31F3N6O2. The Balaban J connectivity index is 1.43. The number of carbonyl (C=O) groups is 1. The summed E-state index contributed by atoms with van der Waals surface area (Å²) < 4.78 is 41.6. The minimum Gasteiger partial charge on any atom is -0.391 e. The van der Waals surface area contributed by atoms with Crippen LogP contribution < -0.4 is 16.4 Å². The third-order valence-corrected chi connectivity index (χ3v) is 7.66. The number of nitrogens with one attached hydrogen (secondary N) is 3. The van der Waals surface area contributed by atoms with Crippen LogP contribution >= 0.6 is 0 Å². The Kier molecular flexibility index (Phi) is 7.09. The molecule has 198 valence electrons. The van der Waals surface area contributed by atoms with Gasteiger partial charge < -0.3 is 26.5 Å². The molecule has 8 nitrogen and oxygen atoms in total. The number of nitrogens with two attached hydrogens (primary N) is 1. The first-order chi connectivity index (χ1) is 17.7. The summed E-state index contributed by atoms with van der Waals surface area (Å²) in [5.74, 6) is -0.228. The molecule has 1 aliphatic heterocycles. The Morgan fingerprint density at radius 2 is 2.05 bits per heavy atom. The van der Waals surface area contributed by atoms with E-state index in [-0.39, 0.29) is 41.0 Å². The van der Waals surface area contributed by atoms with Gasteiger partial charge in [0.2, 0.25) is 11.9 Å². The second-order valence-electron chi connectivity index (χ2n) is 10.1. The largest absolute Gasteiger partial charge is 0.420 e. The van der Waals surface area contributed by atoms with Crippen molar-refractivity contribution in [3.05, 3.63) is 41.6 Å². The van der Waals surface area contributed by atoms with Crippen molar-refractivity contribution in [1.29, 1.82) is 0 Å². The average Bonchev–Trinajstić information content (AvgIpc) is 3.31. The standard InChI is InChI=1S/C26H31F3N6O2/c27-26(28,29)19-12-33-25(32-11-18-6-7-31-13-22(18)36)35-23(19)21-10-16-5-4-15(9-20(16)34-21)14-2-1-3-17(8-14)24(30)37/h4-5,9-10,12,14,17-18,22,31,34,36H,1-3,6-8,11,13H2,(H2,30,37)(H,32,33,35)/t14?,17?,18-,22+/m1/s1. The molecule has 2 unspecified atom stereocenters. The molecule has 37 heavy (non-hydrogen) atoms. The molecule has 6 N–H and O–H groups in total. The van der Waals surface area contributed by atoms with Gasteiger partial charge in [-0.3, -0.25) is 4.79 Å². The quantitative estimate of drug-likeness (QED) is 0.339. The first kappa shape index (κ1) is 25.5. The number of alkyl halides is 3. The van der Waals surface area contributed by atoms with Crippen molar-refractivity contribution in [1.82, 2.24) is 20.3 Å². The van der Waals surface area contributed by atoms with Gasteiger partial charge in [0.15, 0.2) is 0 Å². The molecule has 2 aromatic heterocycles. The third kappa shape index (κ3) is 5.57. The second-order valence-corrected chi connectivity index (χ2v) is 10.1. The van der Waals surface area contributed by atoms with Crippen molar-refractivity contribution in [2.75, 3.05) is 25.0 Å². The van der Waals surface area contributed by atoms with Gasteiger partial charge in [-0.15, -0.1) is 0 Å². The molecule has 1 saturated heterocycles. The SMILES string of the molecule is NC(=O)C1CCCC(c2ccc3cc(-c4nc(NC[C@H]5CCNC[C@@H]5O)ncc4C(F)(F)F)[nH]c3c2)C1. The van der Waals surface area contributed by atoms with Gasteiger partial charge in [0, 0.05) is 42.0 Å². The minimum absolute atomic E-state index is 0.0453. The summed E-state index contributed by atoms with van der Waals surface area (Å²) in [6.45, 7) is 1.60. The fourth-order valence-electron chi connectivity index (χ4n) is 5.51. The van der Waals surface area contributed by atoms with Crippen LogP contribution in [0, 0.1) is 11.8 Å². The molecule has 3 aromatic rings. The van der Waals surface area contributed by atoms with Crippen LogP contribution in [-0.4, -0.2) is 51.7 Å². The Bertz CT molecular complexity index is 1280. The van der Waals surface area contributed by atoms with E-state index in [0.717, 1.165) is 49.4 Å². The summed E-state index contributed by atoms with van der Waals surface area (Å²) in [7, 11) is 0. The lowest BCUT2D eigenvalue weighted by atomic mass is 9.77. The predicted octanol–water partition coefficient (Wildman–Crippen LogP) is 3.79. The molecule has 5 rings (SSSR count). The number of aromatic nitrogens is 3. The summed E-state index contributed by atoms with van der Waals surface area (Å²) in [5, 5.41) is 17.0. The van der Waals surface area contributed by atoms with E-state index < -0.39 is 17.8 Å². The van der Waals surface area contributed by atoms with E-state index in [0.29, 0.717) is 25.0 Å². The number of fused-ring (bicyclic) bond motifs is 1. The van der Waals surface area contributed by atoms with Crippen LogP contribution in [0.5, 0.6) is 0 Å². The Hall–Kier alpha value is -3.18. The summed E-state index contributed by atoms with van der Waals surface area (Å²) in [5.41, 5.74) is 6.34. The first-order valence-electron chi connectivity index (χ1n) is 12.7. The van der Waals surface area contributed by atoms with Gasteiger partial charge in [-0.2, -0.15) is 13.2 Å². The molecule has 1 amide bonds. The molecule has 11 heteroatoms. The van der Waals surface area contributed by atoms with Crippen molar-refractivity contribution in [2.45, 2.75) is 50.3 Å². The van der Waals surface area contributed by atoms with Crippen molar-refractivity contribution in [2.24, 2.45) is 17.6 Å². The van der Waals surface area contributed by atoms with Crippen molar-refractivity contribution in [3.8, 4) is 11.4 Å². The molecule has 2 aliphatic rings. The summed E-state index contributed by atoms with van der Waals surface area (Å²) >= 11 is 0. The number of halogens is 3. The van der Waals surface area contributed by atoms with Gasteiger partial charge in [0.25, 0.3) is 0 Å². The highest BCUT2D eigenvalue weighted by Gasteiger charge is 2.36. The van der Waals surface area contributed by atoms with E-state index >= 15 is 0 Å². The highest BCUT2D eigenvalue weighted by molar-refractivity contribution is 5.86. The van der Waals surface area contributed by atoms with Gasteiger partial charge >= 0.3 is 6.18 Å². The van der Waals surface area contributed by atoms with E-state index in [2.05, 4.69) is 25.6 Å². The number of amides is 1. The molecule has 1 aliphatic carbocycles. The van der Waals surface area contributed by atoms with Crippen molar-refractivity contribution >= 4 is 22.8 Å². The highest BCUT2D eigenvalue weighted by atomic mass is 19.4. The second kappa shape index (κ2) is 10.3. The third-order valence-electron chi connectivity index (χ3n) is 7.66. The lowest BCUT2D eigenvalue weighted by Crippen LogP contribution is -2.43. The normalized spacial score (nSPS) is 24.8. The number of carbonyl (C=O) groups excluding carboxylic acids is 1. The Morgan fingerprint density at radius 3 is 2.81 bits per heavy atom. The number of aromatic amines is 1. The van der Waals surface area contributed by atoms with Gasteiger partial charge in [0.1, 0.15) is 11.3 Å². The average molecular weight is 517 g/mol. The van der Waals surface area contributed by atoms with Crippen LogP contribution in [0.3, 0.4) is 0 Å². The number of nitrogens with zero attached hydrogens (tertiary/aromatic N) is 2. The Labute approximate surface area is 212 Å². The van der Waals surface area contributed by atoms with E-state index in [4.69, 9.17) is 5.73 Å². The predicted molar refractivity (Wildman–Crippen MR) is 134 cm³/mol. The maximum absolute atomic E-state index is 13.9. The zero-order valence-electron chi connectivity index (χ0n) is 20.3. The minimum atomic E-state index is -4.63. The van der Waals surface area contributed by atoms with Crippen LogP contribution in [0.2, 0.25) is 0 Å². The number of H-pyrrole nitrogens is 1. The lowest BCUT2D eigenvalue weighted by Gasteiger charge is -2.28. The summed E-state index contributed by atoms with van der Waals surface area (Å²) in [6.07, 6.45) is -0.311. The van der Waals surface area contributed by atoms with E-state index in [1.165, 1.54) is 0 Å². The van der Waals surface area contributed by atoms with Crippen molar-refractivity contribution in [3.63, 3.8) is 0 Å². The summed E-state index contributed by atoms with van der Waals surface area (Å²) in [4.78, 5) is 22.9. The zero-order chi connectivity index (χ0) is 26.2. The van der Waals surface area contributed by atoms with Gasteiger partial charge in [-0.05, 0) is 55.8 Å². The molecule has 4 atom stereocenters. The van der Waals surface area contributed by atoms with Crippen LogP contribution in [-0.2, 0) is 11.0 Å². The van der Waals surface area contributed by atoms with E-state index in [9.17, 15) is 23.1 Å². The number of piperidine rings is 1. The lowest BCUT2D eigenvalue weighted by molar-refractivity contribution is -0.137. The van der Waals surface area contributed by atoms with Gasteiger partial charge in [-0.25, -0.2) is 9.97 Å². The Morgan fingerprint density at radius 1 is 1.22 bits per heavy atom. The number of anilines is 1. The topological polar surface area (TPSA) is 129 Å². The number of hydrogen-bond acceptors (Lipinski definition) is 6. The van der Waals surface area contributed by atoms with Crippen LogP contribution in [0.4, 0.5) is 19.1 Å². The maximum atomic E-state index is 13.9. The molecule has 1 saturated carbocycles. The number of aliphatic hydroxyl groups excluding tert-OH is 1. The van der Waals surface area contributed by atoms with Gasteiger partial charge in [0.05, 0.1) is 11.8 Å². The fraction of sp³-hybridized carbons (Fsp3) is 0.500. The number of rotatable bonds is 6. The smallest absolute Gasteiger partial charge is 0.391 e. The van der Waals surface area contributed by atoms with E-state index in [1.807, 2.05) is 18.2 Å². The van der Waals surface area contributed by atoms with Gasteiger partial charge in [-0.1, -0.05) is 18.6 Å².